The molecule has 2 fully saturated rings. The minimum atomic E-state index is 0. The van der Waals surface area contributed by atoms with Crippen LogP contribution in [-0.2, 0) is 0 Å². The third-order valence-corrected chi connectivity index (χ3v) is 4.76. The number of hydrogen-bond donors (Lipinski definition) is 1. The molecule has 1 aliphatic heterocycles. The summed E-state index contributed by atoms with van der Waals surface area (Å²) >= 11 is 0. The molecule has 1 saturated carbocycles. The van der Waals surface area contributed by atoms with Crippen molar-refractivity contribution < 1.29 is 4.79 Å². The molecule has 1 aromatic heterocycles. The Bertz CT molecular complexity index is 483. The molecule has 0 bridgehead atoms. The highest BCUT2D eigenvalue weighted by Gasteiger charge is 2.26. The second-order valence-electron chi connectivity index (χ2n) is 6.38. The first-order valence-electron chi connectivity index (χ1n) is 8.17. The number of carbonyl (C=O) groups excluding carboxylic acids is 1. The Morgan fingerprint density at radius 2 is 1.91 bits per heavy atom. The third-order valence-electron chi connectivity index (χ3n) is 4.76. The van der Waals surface area contributed by atoms with E-state index in [4.69, 9.17) is 0 Å². The highest BCUT2D eigenvalue weighted by atomic mass is 35.5. The third kappa shape index (κ3) is 5.33. The topological polar surface area (TPSA) is 45.2 Å². The van der Waals surface area contributed by atoms with Gasteiger partial charge < -0.3 is 10.2 Å². The normalized spacial score (nSPS) is 18.0. The molecule has 1 aliphatic carbocycles. The Kier molecular flexibility index (Phi) is 8.31. The molecular formula is C17H27Cl2N3O. The van der Waals surface area contributed by atoms with Gasteiger partial charge in [0.25, 0.3) is 5.91 Å². The van der Waals surface area contributed by atoms with Gasteiger partial charge in [0.05, 0.1) is 0 Å². The maximum absolute atomic E-state index is 12.5. The van der Waals surface area contributed by atoms with Crippen molar-refractivity contribution in [2.75, 3.05) is 26.7 Å². The summed E-state index contributed by atoms with van der Waals surface area (Å²) in [5.74, 6) is 1.56. The number of amides is 1. The second kappa shape index (κ2) is 9.45. The zero-order valence-corrected chi connectivity index (χ0v) is 15.3. The Balaban J connectivity index is 0.00000132. The van der Waals surface area contributed by atoms with E-state index in [2.05, 4.69) is 16.4 Å². The van der Waals surface area contributed by atoms with Crippen molar-refractivity contribution >= 4 is 30.7 Å². The number of nitrogens with zero attached hydrogens (tertiary/aromatic N) is 2. The Hall–Kier alpha value is -0.840. The van der Waals surface area contributed by atoms with Gasteiger partial charge in [-0.2, -0.15) is 0 Å². The Morgan fingerprint density at radius 1 is 1.22 bits per heavy atom. The average Bonchev–Trinajstić information content (AvgIpc) is 3.38. The predicted octanol–water partition coefficient (Wildman–Crippen LogP) is 3.26. The van der Waals surface area contributed by atoms with Crippen molar-refractivity contribution in [3.8, 4) is 0 Å². The van der Waals surface area contributed by atoms with Gasteiger partial charge in [0.15, 0.2) is 0 Å². The second-order valence-corrected chi connectivity index (χ2v) is 6.38. The largest absolute Gasteiger partial charge is 0.337 e. The number of likely N-dealkylation sites (tertiary alicyclic amines) is 1. The van der Waals surface area contributed by atoms with E-state index in [9.17, 15) is 4.79 Å². The summed E-state index contributed by atoms with van der Waals surface area (Å²) in [4.78, 5) is 18.8. The van der Waals surface area contributed by atoms with Gasteiger partial charge in [-0.25, -0.2) is 0 Å². The van der Waals surface area contributed by atoms with Crippen LogP contribution in [0.5, 0.6) is 0 Å². The molecule has 0 atom stereocenters. The molecule has 2 aliphatic rings. The molecule has 1 amide bonds. The zero-order chi connectivity index (χ0) is 14.7. The molecule has 23 heavy (non-hydrogen) atoms. The average molecular weight is 360 g/mol. The predicted molar refractivity (Wildman–Crippen MR) is 97.9 cm³/mol. The lowest BCUT2D eigenvalue weighted by molar-refractivity contribution is 0.0681. The van der Waals surface area contributed by atoms with Crippen LogP contribution in [0.25, 0.3) is 0 Å². The van der Waals surface area contributed by atoms with Gasteiger partial charge in [0, 0.05) is 19.3 Å². The number of hydrogen-bond acceptors (Lipinski definition) is 3. The standard InChI is InChI=1S/C17H25N3O.2ClH/c1-18-9-6-13-7-10-20(11-8-13)17(21)16-5-4-15(12-19-16)14-2-3-14;;/h4-5,12-14,18H,2-3,6-11H2,1H3;2*1H. The van der Waals surface area contributed by atoms with Gasteiger partial charge in [-0.3, -0.25) is 9.78 Å². The molecule has 6 heteroatoms. The summed E-state index contributed by atoms with van der Waals surface area (Å²) in [5, 5.41) is 3.20. The van der Waals surface area contributed by atoms with Crippen LogP contribution in [0.3, 0.4) is 0 Å². The van der Waals surface area contributed by atoms with Crippen molar-refractivity contribution in [2.24, 2.45) is 5.92 Å². The van der Waals surface area contributed by atoms with E-state index in [0.717, 1.165) is 38.4 Å². The van der Waals surface area contributed by atoms with Crippen LogP contribution in [0.1, 0.15) is 54.1 Å². The van der Waals surface area contributed by atoms with E-state index >= 15 is 0 Å². The molecule has 0 aromatic carbocycles. The van der Waals surface area contributed by atoms with Gasteiger partial charge in [0.2, 0.25) is 0 Å². The molecule has 1 N–H and O–H groups in total. The lowest BCUT2D eigenvalue weighted by Gasteiger charge is -2.31. The first kappa shape index (κ1) is 20.2. The van der Waals surface area contributed by atoms with Gasteiger partial charge in [-0.05, 0) is 69.2 Å². The first-order valence-corrected chi connectivity index (χ1v) is 8.17. The molecule has 3 rings (SSSR count). The van der Waals surface area contributed by atoms with Gasteiger partial charge in [-0.15, -0.1) is 24.8 Å². The first-order chi connectivity index (χ1) is 10.3. The number of piperidine rings is 1. The molecule has 0 spiro atoms. The van der Waals surface area contributed by atoms with E-state index in [1.807, 2.05) is 24.2 Å². The minimum Gasteiger partial charge on any atom is -0.337 e. The lowest BCUT2D eigenvalue weighted by atomic mass is 9.93. The summed E-state index contributed by atoms with van der Waals surface area (Å²) in [6.45, 7) is 2.82. The SMILES string of the molecule is CNCCC1CCN(C(=O)c2ccc(C3CC3)cn2)CC1.Cl.Cl. The fraction of sp³-hybridized carbons (Fsp3) is 0.647. The molecule has 1 aromatic rings. The number of pyridine rings is 1. The van der Waals surface area contributed by atoms with Crippen molar-refractivity contribution in [2.45, 2.75) is 38.0 Å². The van der Waals surface area contributed by atoms with E-state index < -0.39 is 0 Å². The van der Waals surface area contributed by atoms with Crippen molar-refractivity contribution in [1.29, 1.82) is 0 Å². The molecule has 4 nitrogen and oxygen atoms in total. The van der Waals surface area contributed by atoms with Crippen molar-refractivity contribution in [3.63, 3.8) is 0 Å². The maximum Gasteiger partial charge on any atom is 0.272 e. The fourth-order valence-electron chi connectivity index (χ4n) is 3.13. The fourth-order valence-corrected chi connectivity index (χ4v) is 3.13. The van der Waals surface area contributed by atoms with E-state index in [1.165, 1.54) is 24.8 Å². The van der Waals surface area contributed by atoms with Crippen molar-refractivity contribution in [3.05, 3.63) is 29.6 Å². The highest BCUT2D eigenvalue weighted by Crippen LogP contribution is 2.39. The van der Waals surface area contributed by atoms with E-state index in [-0.39, 0.29) is 30.7 Å². The summed E-state index contributed by atoms with van der Waals surface area (Å²) in [6, 6.07) is 3.99. The highest BCUT2D eigenvalue weighted by molar-refractivity contribution is 5.92. The number of rotatable bonds is 5. The summed E-state index contributed by atoms with van der Waals surface area (Å²) in [5.41, 5.74) is 1.89. The van der Waals surface area contributed by atoms with Crippen LogP contribution in [0.4, 0.5) is 0 Å². The van der Waals surface area contributed by atoms with Gasteiger partial charge in [-0.1, -0.05) is 6.07 Å². The zero-order valence-electron chi connectivity index (χ0n) is 13.7. The molecule has 0 radical (unpaired) electrons. The molecular weight excluding hydrogens is 333 g/mol. The van der Waals surface area contributed by atoms with Crippen LogP contribution in [-0.4, -0.2) is 42.5 Å². The minimum absolute atomic E-state index is 0. The maximum atomic E-state index is 12.5. The molecule has 1 saturated heterocycles. The molecule has 2 heterocycles. The number of aromatic nitrogens is 1. The number of halogens is 2. The number of carbonyl (C=O) groups is 1. The molecule has 0 unspecified atom stereocenters. The van der Waals surface area contributed by atoms with Crippen LogP contribution >= 0.6 is 24.8 Å². The Labute approximate surface area is 151 Å². The molecule has 130 valence electrons. The van der Waals surface area contributed by atoms with Crippen LogP contribution in [0, 0.1) is 5.92 Å². The van der Waals surface area contributed by atoms with Gasteiger partial charge in [0.1, 0.15) is 5.69 Å². The van der Waals surface area contributed by atoms with Crippen LogP contribution in [0.15, 0.2) is 18.3 Å². The lowest BCUT2D eigenvalue weighted by Crippen LogP contribution is -2.39. The quantitative estimate of drug-likeness (QED) is 0.877. The summed E-state index contributed by atoms with van der Waals surface area (Å²) < 4.78 is 0. The van der Waals surface area contributed by atoms with Crippen molar-refractivity contribution in [1.82, 2.24) is 15.2 Å². The van der Waals surface area contributed by atoms with E-state index in [0.29, 0.717) is 11.6 Å². The monoisotopic (exact) mass is 359 g/mol. The van der Waals surface area contributed by atoms with Crippen LogP contribution in [0.2, 0.25) is 0 Å². The van der Waals surface area contributed by atoms with E-state index in [1.54, 1.807) is 0 Å². The number of nitrogens with one attached hydrogen (secondary N) is 1. The van der Waals surface area contributed by atoms with Crippen LogP contribution < -0.4 is 5.32 Å². The Morgan fingerprint density at radius 3 is 2.43 bits per heavy atom. The summed E-state index contributed by atoms with van der Waals surface area (Å²) in [6.07, 6.45) is 7.89. The summed E-state index contributed by atoms with van der Waals surface area (Å²) in [7, 11) is 2.00. The van der Waals surface area contributed by atoms with Gasteiger partial charge >= 0.3 is 0 Å². The smallest absolute Gasteiger partial charge is 0.272 e.